The maximum atomic E-state index is 6.10. The second-order valence-electron chi connectivity index (χ2n) is 6.11. The minimum absolute atomic E-state index is 0.729. The Hall–Kier alpha value is -2.84. The Kier molecular flexibility index (Phi) is 8.03. The monoisotopic (exact) mass is 393 g/mol. The number of unbranched alkanes of at least 4 members (excludes halogenated alkanes) is 1. The molecule has 0 amide bonds. The number of nitrogens with two attached hydrogens (primary N) is 1. The van der Waals surface area contributed by atoms with Gasteiger partial charge in [0.05, 0.1) is 11.6 Å². The van der Waals surface area contributed by atoms with E-state index in [1.165, 1.54) is 0 Å². The molecule has 0 spiro atoms. The fourth-order valence-corrected chi connectivity index (χ4v) is 3.85. The second-order valence-corrected chi connectivity index (χ2v) is 7.15. The van der Waals surface area contributed by atoms with Crippen LogP contribution in [0.2, 0.25) is 0 Å². The first-order valence-corrected chi connectivity index (χ1v) is 10.1. The molecule has 28 heavy (non-hydrogen) atoms. The Labute approximate surface area is 170 Å². The standard InChI is InChI=1S/C21H23N3OS.C2H4/c1-4-6-7-12-24-18(8-5-2)20(15(3)22)23-21(24)26-17-9-10-19-16(14-17)11-13-25-19;1-2/h1,8-11,13-14H,5-7,12,22H2,2-3H3;1-2H2/b18-8+,20-15-;. The minimum atomic E-state index is 0.729. The van der Waals surface area contributed by atoms with Crippen molar-refractivity contribution in [3.05, 3.63) is 54.4 Å². The number of hydrogen-bond donors (Lipinski definition) is 1. The third kappa shape index (κ3) is 4.90. The third-order valence-electron chi connectivity index (χ3n) is 4.08. The van der Waals surface area contributed by atoms with Gasteiger partial charge in [0.1, 0.15) is 10.9 Å². The smallest absolute Gasteiger partial charge is 0.173 e. The van der Waals surface area contributed by atoms with E-state index in [0.29, 0.717) is 0 Å². The molecular weight excluding hydrogens is 366 g/mol. The zero-order chi connectivity index (χ0) is 20.5. The summed E-state index contributed by atoms with van der Waals surface area (Å²) in [6.45, 7) is 10.8. The van der Waals surface area contributed by atoms with Gasteiger partial charge < -0.3 is 14.7 Å². The zero-order valence-corrected chi connectivity index (χ0v) is 17.4. The Bertz CT molecular complexity index is 1080. The van der Waals surface area contributed by atoms with Gasteiger partial charge in [0.2, 0.25) is 0 Å². The molecule has 2 N–H and O–H groups in total. The molecule has 0 unspecified atom stereocenters. The van der Waals surface area contributed by atoms with Gasteiger partial charge in [0, 0.05) is 28.9 Å². The van der Waals surface area contributed by atoms with Gasteiger partial charge in [-0.25, -0.2) is 4.98 Å². The first-order chi connectivity index (χ1) is 13.6. The van der Waals surface area contributed by atoms with Crippen LogP contribution in [-0.4, -0.2) is 9.55 Å². The lowest BCUT2D eigenvalue weighted by molar-refractivity contribution is 0.590. The van der Waals surface area contributed by atoms with E-state index in [1.54, 1.807) is 18.0 Å². The fraction of sp³-hybridized carbons (Fsp3) is 0.261. The lowest BCUT2D eigenvalue weighted by Gasteiger charge is -2.07. The first-order valence-electron chi connectivity index (χ1n) is 9.25. The quantitative estimate of drug-likeness (QED) is 0.386. The second kappa shape index (κ2) is 10.5. The molecule has 0 saturated carbocycles. The highest BCUT2D eigenvalue weighted by atomic mass is 32.2. The van der Waals surface area contributed by atoms with Gasteiger partial charge >= 0.3 is 0 Å². The molecule has 0 bridgehead atoms. The number of nitrogens with zero attached hydrogens (tertiary/aromatic N) is 2. The maximum Gasteiger partial charge on any atom is 0.173 e. The number of aromatic nitrogens is 2. The highest BCUT2D eigenvalue weighted by Gasteiger charge is 2.11. The van der Waals surface area contributed by atoms with E-state index in [2.05, 4.69) is 48.8 Å². The van der Waals surface area contributed by atoms with Crippen LogP contribution >= 0.6 is 11.8 Å². The van der Waals surface area contributed by atoms with E-state index in [0.717, 1.165) is 63.2 Å². The van der Waals surface area contributed by atoms with Gasteiger partial charge in [-0.3, -0.25) is 0 Å². The van der Waals surface area contributed by atoms with E-state index in [1.807, 2.05) is 19.1 Å². The number of furan rings is 1. The third-order valence-corrected chi connectivity index (χ3v) is 5.06. The molecule has 0 aliphatic rings. The fourth-order valence-electron chi connectivity index (χ4n) is 2.88. The number of terminal acetylenes is 1. The molecule has 0 atom stereocenters. The van der Waals surface area contributed by atoms with Gasteiger partial charge in [-0.2, -0.15) is 0 Å². The van der Waals surface area contributed by atoms with Crippen LogP contribution in [0.3, 0.4) is 0 Å². The van der Waals surface area contributed by atoms with Crippen molar-refractivity contribution in [2.24, 2.45) is 5.73 Å². The molecule has 5 heteroatoms. The van der Waals surface area contributed by atoms with E-state index >= 15 is 0 Å². The highest BCUT2D eigenvalue weighted by Crippen LogP contribution is 2.28. The van der Waals surface area contributed by atoms with Crippen LogP contribution in [0.4, 0.5) is 0 Å². The van der Waals surface area contributed by atoms with Crippen molar-refractivity contribution in [2.75, 3.05) is 0 Å². The summed E-state index contributed by atoms with van der Waals surface area (Å²) in [5, 5.41) is 3.96. The molecule has 0 fully saturated rings. The minimum Gasteiger partial charge on any atom is -0.464 e. The van der Waals surface area contributed by atoms with Crippen LogP contribution in [0.5, 0.6) is 0 Å². The van der Waals surface area contributed by atoms with E-state index in [4.69, 9.17) is 21.6 Å². The van der Waals surface area contributed by atoms with Gasteiger partial charge in [-0.05, 0) is 44.0 Å². The zero-order valence-electron chi connectivity index (χ0n) is 16.6. The van der Waals surface area contributed by atoms with Gasteiger partial charge in [-0.1, -0.05) is 24.8 Å². The van der Waals surface area contributed by atoms with Crippen LogP contribution in [0.25, 0.3) is 22.7 Å². The Balaban J connectivity index is 0.00000136. The summed E-state index contributed by atoms with van der Waals surface area (Å²) < 4.78 is 7.66. The maximum absolute atomic E-state index is 6.10. The molecule has 0 radical (unpaired) electrons. The Morgan fingerprint density at radius 1 is 1.39 bits per heavy atom. The van der Waals surface area contributed by atoms with Crippen LogP contribution in [-0.2, 0) is 6.54 Å². The molecular formula is C23H27N3OS. The normalized spacial score (nSPS) is 12.4. The topological polar surface area (TPSA) is 57.0 Å². The van der Waals surface area contributed by atoms with Crippen LogP contribution in [0.1, 0.15) is 33.1 Å². The molecule has 4 nitrogen and oxygen atoms in total. The molecule has 3 rings (SSSR count). The number of imidazole rings is 1. The van der Waals surface area contributed by atoms with Gasteiger partial charge in [0.25, 0.3) is 0 Å². The first kappa shape index (κ1) is 21.5. The number of rotatable bonds is 6. The molecule has 146 valence electrons. The average Bonchev–Trinajstić information content (AvgIpc) is 3.29. The van der Waals surface area contributed by atoms with Crippen molar-refractivity contribution < 1.29 is 4.42 Å². The molecule has 3 aromatic rings. The van der Waals surface area contributed by atoms with Gasteiger partial charge in [-0.15, -0.1) is 25.5 Å². The number of fused-ring (bicyclic) bond motifs is 1. The predicted octanol–water partition coefficient (Wildman–Crippen LogP) is 4.27. The van der Waals surface area contributed by atoms with Crippen molar-refractivity contribution >= 4 is 34.5 Å². The average molecular weight is 394 g/mol. The summed E-state index contributed by atoms with van der Waals surface area (Å²) >= 11 is 1.64. The predicted molar refractivity (Wildman–Crippen MR) is 119 cm³/mol. The van der Waals surface area contributed by atoms with Crippen molar-refractivity contribution in [3.63, 3.8) is 0 Å². The van der Waals surface area contributed by atoms with Crippen LogP contribution in [0.15, 0.2) is 58.2 Å². The molecule has 0 saturated heterocycles. The largest absolute Gasteiger partial charge is 0.464 e. The van der Waals surface area contributed by atoms with Crippen molar-refractivity contribution in [1.29, 1.82) is 0 Å². The van der Waals surface area contributed by atoms with Crippen molar-refractivity contribution in [2.45, 2.75) is 49.7 Å². The molecule has 2 heterocycles. The van der Waals surface area contributed by atoms with E-state index in [-0.39, 0.29) is 0 Å². The summed E-state index contributed by atoms with van der Waals surface area (Å²) in [7, 11) is 0. The summed E-state index contributed by atoms with van der Waals surface area (Å²) in [4.78, 5) is 5.94. The number of hydrogen-bond acceptors (Lipinski definition) is 4. The van der Waals surface area contributed by atoms with Crippen LogP contribution < -0.4 is 16.4 Å². The molecule has 2 aromatic heterocycles. The lowest BCUT2D eigenvalue weighted by Crippen LogP contribution is -2.33. The Morgan fingerprint density at radius 3 is 2.86 bits per heavy atom. The van der Waals surface area contributed by atoms with Gasteiger partial charge in [0.15, 0.2) is 5.16 Å². The SMILES string of the molecule is C#CCCCn1c(Sc2ccc3occc3c2)nc(=C(/C)N)/c1=C\CC.C=C. The summed E-state index contributed by atoms with van der Waals surface area (Å²) in [5.41, 5.74) is 7.72. The molecule has 0 aliphatic carbocycles. The van der Waals surface area contributed by atoms with E-state index in [9.17, 15) is 0 Å². The summed E-state index contributed by atoms with van der Waals surface area (Å²) in [5.74, 6) is 2.71. The van der Waals surface area contributed by atoms with Crippen LogP contribution in [0, 0.1) is 12.3 Å². The summed E-state index contributed by atoms with van der Waals surface area (Å²) in [6.07, 6.45) is 11.9. The number of benzene rings is 1. The van der Waals surface area contributed by atoms with Crippen molar-refractivity contribution in [1.82, 2.24) is 9.55 Å². The van der Waals surface area contributed by atoms with E-state index < -0.39 is 0 Å². The molecule has 0 aliphatic heterocycles. The molecule has 1 aromatic carbocycles. The highest BCUT2D eigenvalue weighted by molar-refractivity contribution is 7.99. The Morgan fingerprint density at radius 2 is 2.18 bits per heavy atom. The lowest BCUT2D eigenvalue weighted by atomic mass is 10.3. The van der Waals surface area contributed by atoms with Crippen molar-refractivity contribution in [3.8, 4) is 12.3 Å². The summed E-state index contributed by atoms with van der Waals surface area (Å²) in [6, 6.07) is 8.13.